The molecule has 0 aliphatic heterocycles. The van der Waals surface area contributed by atoms with E-state index in [0.29, 0.717) is 11.3 Å². The van der Waals surface area contributed by atoms with Crippen LogP contribution in [0.5, 0.6) is 11.5 Å². The van der Waals surface area contributed by atoms with Crippen LogP contribution in [0.25, 0.3) is 0 Å². The van der Waals surface area contributed by atoms with Crippen molar-refractivity contribution in [3.8, 4) is 11.5 Å². The smallest absolute Gasteiger partial charge is 0.328 e. The average Bonchev–Trinajstić information content (AvgIpc) is 2.40. The van der Waals surface area contributed by atoms with Crippen molar-refractivity contribution >= 4 is 5.97 Å². The Labute approximate surface area is 111 Å². The summed E-state index contributed by atoms with van der Waals surface area (Å²) in [6.07, 6.45) is 0. The van der Waals surface area contributed by atoms with Gasteiger partial charge in [-0.25, -0.2) is 4.79 Å². The van der Waals surface area contributed by atoms with Gasteiger partial charge in [0.25, 0.3) is 0 Å². The Hall–Kier alpha value is -2.33. The molecule has 0 amide bonds. The zero-order valence-electron chi connectivity index (χ0n) is 10.5. The molecule has 0 fully saturated rings. The Bertz CT molecular complexity index is 562. The van der Waals surface area contributed by atoms with Crippen molar-refractivity contribution < 1.29 is 14.6 Å². The van der Waals surface area contributed by atoms with Crippen LogP contribution in [0.4, 0.5) is 0 Å². The topological polar surface area (TPSA) is 72.6 Å². The molecule has 2 rings (SSSR count). The van der Waals surface area contributed by atoms with Crippen LogP contribution in [-0.2, 0) is 10.3 Å². The molecule has 0 aliphatic carbocycles. The number of carbonyl (C=O) groups is 1. The van der Waals surface area contributed by atoms with Crippen LogP contribution < -0.4 is 10.5 Å². The molecular weight excluding hydrogens is 242 g/mol. The van der Waals surface area contributed by atoms with Gasteiger partial charge in [0.05, 0.1) is 0 Å². The summed E-state index contributed by atoms with van der Waals surface area (Å²) in [6, 6.07) is 16.1. The maximum Gasteiger partial charge on any atom is 0.328 e. The highest BCUT2D eigenvalue weighted by molar-refractivity contribution is 5.79. The van der Waals surface area contributed by atoms with Crippen molar-refractivity contribution in [2.45, 2.75) is 12.5 Å². The molecule has 19 heavy (non-hydrogen) atoms. The number of rotatable bonds is 4. The van der Waals surface area contributed by atoms with Crippen LogP contribution in [0.15, 0.2) is 54.6 Å². The molecule has 1 atom stereocenters. The number of nitrogens with two attached hydrogens (primary N) is 1. The van der Waals surface area contributed by atoms with Gasteiger partial charge >= 0.3 is 5.97 Å². The Balaban J connectivity index is 2.18. The standard InChI is InChI=1S/C15H15NO3/c1-15(16,14(17)18)11-7-9-13(10-8-11)19-12-5-3-2-4-6-12/h2-10H,16H2,1H3,(H,17,18). The third kappa shape index (κ3) is 2.92. The number of para-hydroxylation sites is 1. The SMILES string of the molecule is CC(N)(C(=O)O)c1ccc(Oc2ccccc2)cc1. The zero-order chi connectivity index (χ0) is 13.9. The summed E-state index contributed by atoms with van der Waals surface area (Å²) in [6.45, 7) is 1.46. The van der Waals surface area contributed by atoms with Crippen molar-refractivity contribution in [3.63, 3.8) is 0 Å². The maximum absolute atomic E-state index is 11.0. The van der Waals surface area contributed by atoms with Crippen molar-refractivity contribution in [1.29, 1.82) is 0 Å². The Morgan fingerprint density at radius 1 is 1.05 bits per heavy atom. The van der Waals surface area contributed by atoms with Crippen LogP contribution >= 0.6 is 0 Å². The van der Waals surface area contributed by atoms with Gasteiger partial charge in [0.2, 0.25) is 0 Å². The molecule has 0 saturated carbocycles. The quantitative estimate of drug-likeness (QED) is 0.883. The monoisotopic (exact) mass is 257 g/mol. The first kappa shape index (κ1) is 13.1. The number of carboxylic acids is 1. The fraction of sp³-hybridized carbons (Fsp3) is 0.133. The first-order valence-corrected chi connectivity index (χ1v) is 5.86. The predicted molar refractivity (Wildman–Crippen MR) is 72.1 cm³/mol. The predicted octanol–water partition coefficient (Wildman–Crippen LogP) is 2.74. The summed E-state index contributed by atoms with van der Waals surface area (Å²) in [5.74, 6) is 0.296. The number of aliphatic carboxylic acids is 1. The van der Waals surface area contributed by atoms with Crippen molar-refractivity contribution in [2.24, 2.45) is 5.73 Å². The minimum Gasteiger partial charge on any atom is -0.480 e. The second-order valence-corrected chi connectivity index (χ2v) is 4.45. The number of benzene rings is 2. The van der Waals surface area contributed by atoms with Gasteiger partial charge in [-0.2, -0.15) is 0 Å². The molecule has 3 N–H and O–H groups in total. The zero-order valence-corrected chi connectivity index (χ0v) is 10.5. The molecule has 4 nitrogen and oxygen atoms in total. The molecule has 0 spiro atoms. The molecule has 0 heterocycles. The average molecular weight is 257 g/mol. The second-order valence-electron chi connectivity index (χ2n) is 4.45. The summed E-state index contributed by atoms with van der Waals surface area (Å²) in [5, 5.41) is 9.04. The molecule has 2 aromatic rings. The fourth-order valence-electron chi connectivity index (χ4n) is 1.62. The highest BCUT2D eigenvalue weighted by Crippen LogP contribution is 2.24. The van der Waals surface area contributed by atoms with Gasteiger partial charge in [-0.15, -0.1) is 0 Å². The summed E-state index contributed by atoms with van der Waals surface area (Å²) < 4.78 is 5.62. The number of ether oxygens (including phenoxy) is 1. The normalized spacial score (nSPS) is 13.6. The summed E-state index contributed by atoms with van der Waals surface area (Å²) >= 11 is 0. The van der Waals surface area contributed by atoms with E-state index in [0.717, 1.165) is 5.75 Å². The van der Waals surface area contributed by atoms with Gasteiger partial charge in [0.15, 0.2) is 0 Å². The lowest BCUT2D eigenvalue weighted by Gasteiger charge is -2.19. The van der Waals surface area contributed by atoms with E-state index >= 15 is 0 Å². The van der Waals surface area contributed by atoms with Crippen LogP contribution in [0.3, 0.4) is 0 Å². The first-order chi connectivity index (χ1) is 9.00. The summed E-state index contributed by atoms with van der Waals surface area (Å²) in [5.41, 5.74) is 4.87. The molecule has 1 unspecified atom stereocenters. The lowest BCUT2D eigenvalue weighted by molar-refractivity contribution is -0.143. The van der Waals surface area contributed by atoms with Crippen LogP contribution in [0.2, 0.25) is 0 Å². The molecule has 0 aliphatic rings. The number of hydrogen-bond acceptors (Lipinski definition) is 3. The van der Waals surface area contributed by atoms with E-state index in [1.54, 1.807) is 24.3 Å². The molecule has 2 aromatic carbocycles. The van der Waals surface area contributed by atoms with Gasteiger partial charge in [0, 0.05) is 0 Å². The fourth-order valence-corrected chi connectivity index (χ4v) is 1.62. The third-order valence-electron chi connectivity index (χ3n) is 2.88. The van der Waals surface area contributed by atoms with E-state index in [1.807, 2.05) is 30.3 Å². The number of carboxylic acid groups (broad SMARTS) is 1. The lowest BCUT2D eigenvalue weighted by Crippen LogP contribution is -2.41. The third-order valence-corrected chi connectivity index (χ3v) is 2.88. The summed E-state index contributed by atoms with van der Waals surface area (Å²) in [4.78, 5) is 11.0. The molecule has 0 radical (unpaired) electrons. The van der Waals surface area contributed by atoms with E-state index in [9.17, 15) is 4.79 Å². The van der Waals surface area contributed by atoms with Crippen molar-refractivity contribution in [2.75, 3.05) is 0 Å². The molecule has 0 bridgehead atoms. The van der Waals surface area contributed by atoms with E-state index < -0.39 is 11.5 Å². The van der Waals surface area contributed by atoms with Crippen LogP contribution in [0, 0.1) is 0 Å². The maximum atomic E-state index is 11.0. The largest absolute Gasteiger partial charge is 0.480 e. The number of hydrogen-bond donors (Lipinski definition) is 2. The van der Waals surface area contributed by atoms with Gasteiger partial charge in [-0.1, -0.05) is 30.3 Å². The first-order valence-electron chi connectivity index (χ1n) is 5.86. The molecule has 0 aromatic heterocycles. The van der Waals surface area contributed by atoms with E-state index in [-0.39, 0.29) is 0 Å². The minimum absolute atomic E-state index is 0.528. The minimum atomic E-state index is -1.40. The van der Waals surface area contributed by atoms with Crippen molar-refractivity contribution in [3.05, 3.63) is 60.2 Å². The second kappa shape index (κ2) is 5.12. The summed E-state index contributed by atoms with van der Waals surface area (Å²) in [7, 11) is 0. The van der Waals surface area contributed by atoms with E-state index in [4.69, 9.17) is 15.6 Å². The van der Waals surface area contributed by atoms with Gasteiger partial charge in [0.1, 0.15) is 17.0 Å². The molecular formula is C15H15NO3. The van der Waals surface area contributed by atoms with Crippen LogP contribution in [0.1, 0.15) is 12.5 Å². The highest BCUT2D eigenvalue weighted by Gasteiger charge is 2.29. The Kier molecular flexibility index (Phi) is 3.53. The molecule has 0 saturated heterocycles. The van der Waals surface area contributed by atoms with Gasteiger partial charge in [-0.3, -0.25) is 0 Å². The van der Waals surface area contributed by atoms with E-state index in [1.165, 1.54) is 6.92 Å². The van der Waals surface area contributed by atoms with Gasteiger partial charge in [-0.05, 0) is 36.8 Å². The molecule has 98 valence electrons. The van der Waals surface area contributed by atoms with Crippen molar-refractivity contribution in [1.82, 2.24) is 0 Å². The highest BCUT2D eigenvalue weighted by atomic mass is 16.5. The lowest BCUT2D eigenvalue weighted by atomic mass is 9.93. The van der Waals surface area contributed by atoms with E-state index in [2.05, 4.69) is 0 Å². The van der Waals surface area contributed by atoms with Gasteiger partial charge < -0.3 is 15.6 Å². The molecule has 4 heteroatoms. The Morgan fingerprint density at radius 3 is 2.11 bits per heavy atom. The Morgan fingerprint density at radius 2 is 1.58 bits per heavy atom. The van der Waals surface area contributed by atoms with Crippen LogP contribution in [-0.4, -0.2) is 11.1 Å².